The lowest BCUT2D eigenvalue weighted by molar-refractivity contribution is 0.307. The topological polar surface area (TPSA) is 47.9 Å². The van der Waals surface area contributed by atoms with Crippen LogP contribution in [0.2, 0.25) is 5.28 Å². The molecule has 0 aliphatic heterocycles. The summed E-state index contributed by atoms with van der Waals surface area (Å²) in [5, 5.41) is 0.475. The average Bonchev–Trinajstić information content (AvgIpc) is 2.32. The van der Waals surface area contributed by atoms with E-state index in [1.807, 2.05) is 6.92 Å². The van der Waals surface area contributed by atoms with Crippen LogP contribution in [0.3, 0.4) is 0 Å². The highest BCUT2D eigenvalue weighted by Crippen LogP contribution is 2.26. The van der Waals surface area contributed by atoms with E-state index in [0.717, 1.165) is 4.90 Å². The van der Waals surface area contributed by atoms with Crippen LogP contribution in [0, 0.1) is 5.82 Å². The van der Waals surface area contributed by atoms with Crippen LogP contribution in [-0.2, 0) is 0 Å². The van der Waals surface area contributed by atoms with Crippen LogP contribution in [0.5, 0.6) is 6.01 Å². The standard InChI is InChI=1S/C11H9ClFN3OS/c1-2-17-10-14-9(12)15-11(16-10)18-8-5-3-7(13)4-6-8/h3-6H,2H2,1H3. The van der Waals surface area contributed by atoms with Crippen LogP contribution >= 0.6 is 23.4 Å². The highest BCUT2D eigenvalue weighted by Gasteiger charge is 2.07. The Morgan fingerprint density at radius 2 is 1.94 bits per heavy atom. The Morgan fingerprint density at radius 3 is 2.61 bits per heavy atom. The molecular formula is C11H9ClFN3OS. The lowest BCUT2D eigenvalue weighted by Crippen LogP contribution is -2.00. The van der Waals surface area contributed by atoms with Crippen molar-refractivity contribution in [1.29, 1.82) is 0 Å². The van der Waals surface area contributed by atoms with Gasteiger partial charge in [-0.3, -0.25) is 0 Å². The summed E-state index contributed by atoms with van der Waals surface area (Å²) in [6, 6.07) is 6.20. The van der Waals surface area contributed by atoms with Gasteiger partial charge in [0.25, 0.3) is 0 Å². The Balaban J connectivity index is 2.20. The first kappa shape index (κ1) is 13.0. The second-order valence-corrected chi connectivity index (χ2v) is 4.54. The molecule has 0 amide bonds. The zero-order valence-corrected chi connectivity index (χ0v) is 11.0. The third kappa shape index (κ3) is 3.54. The highest BCUT2D eigenvalue weighted by atomic mass is 35.5. The van der Waals surface area contributed by atoms with Crippen molar-refractivity contribution in [1.82, 2.24) is 15.0 Å². The van der Waals surface area contributed by atoms with Crippen molar-refractivity contribution >= 4 is 23.4 Å². The smallest absolute Gasteiger partial charge is 0.321 e. The fourth-order valence-corrected chi connectivity index (χ4v) is 2.10. The molecule has 0 saturated heterocycles. The third-order valence-electron chi connectivity index (χ3n) is 1.86. The molecule has 0 atom stereocenters. The predicted molar refractivity (Wildman–Crippen MR) is 66.5 cm³/mol. The van der Waals surface area contributed by atoms with Crippen LogP contribution < -0.4 is 4.74 Å². The monoisotopic (exact) mass is 285 g/mol. The van der Waals surface area contributed by atoms with Gasteiger partial charge >= 0.3 is 6.01 Å². The number of hydrogen-bond acceptors (Lipinski definition) is 5. The molecule has 18 heavy (non-hydrogen) atoms. The molecule has 2 rings (SSSR count). The van der Waals surface area contributed by atoms with E-state index >= 15 is 0 Å². The second kappa shape index (κ2) is 5.97. The van der Waals surface area contributed by atoms with Crippen LogP contribution in [-0.4, -0.2) is 21.6 Å². The van der Waals surface area contributed by atoms with E-state index in [4.69, 9.17) is 16.3 Å². The number of nitrogens with zero attached hydrogens (tertiary/aromatic N) is 3. The molecule has 1 heterocycles. The number of rotatable bonds is 4. The van der Waals surface area contributed by atoms with Gasteiger partial charge in [-0.1, -0.05) is 0 Å². The zero-order valence-electron chi connectivity index (χ0n) is 9.43. The first-order chi connectivity index (χ1) is 8.67. The molecular weight excluding hydrogens is 277 g/mol. The fraction of sp³-hybridized carbons (Fsp3) is 0.182. The molecule has 4 nitrogen and oxygen atoms in total. The number of benzene rings is 1. The molecule has 1 aromatic carbocycles. The summed E-state index contributed by atoms with van der Waals surface area (Å²) in [6.07, 6.45) is 0. The molecule has 0 spiro atoms. The minimum absolute atomic E-state index is 0.0676. The Morgan fingerprint density at radius 1 is 1.22 bits per heavy atom. The molecule has 0 N–H and O–H groups in total. The SMILES string of the molecule is CCOc1nc(Cl)nc(Sc2ccc(F)cc2)n1. The minimum Gasteiger partial charge on any atom is -0.464 e. The predicted octanol–water partition coefficient (Wildman–Crippen LogP) is 3.21. The van der Waals surface area contributed by atoms with Crippen molar-refractivity contribution in [3.8, 4) is 6.01 Å². The van der Waals surface area contributed by atoms with Gasteiger partial charge in [0.05, 0.1) is 6.61 Å². The van der Waals surface area contributed by atoms with E-state index in [9.17, 15) is 4.39 Å². The maximum atomic E-state index is 12.8. The van der Waals surface area contributed by atoms with Gasteiger partial charge in [-0.15, -0.1) is 0 Å². The number of halogens is 2. The van der Waals surface area contributed by atoms with Crippen molar-refractivity contribution in [2.75, 3.05) is 6.61 Å². The lowest BCUT2D eigenvalue weighted by atomic mass is 10.4. The molecule has 1 aromatic heterocycles. The fourth-order valence-electron chi connectivity index (χ4n) is 1.16. The summed E-state index contributed by atoms with van der Waals surface area (Å²) in [5.41, 5.74) is 0. The molecule has 0 saturated carbocycles. The highest BCUT2D eigenvalue weighted by molar-refractivity contribution is 7.99. The number of aromatic nitrogens is 3. The van der Waals surface area contributed by atoms with Crippen molar-refractivity contribution in [2.45, 2.75) is 17.0 Å². The quantitative estimate of drug-likeness (QED) is 0.863. The van der Waals surface area contributed by atoms with Crippen molar-refractivity contribution < 1.29 is 9.13 Å². The van der Waals surface area contributed by atoms with Gasteiger partial charge in [-0.05, 0) is 54.6 Å². The number of hydrogen-bond donors (Lipinski definition) is 0. The van der Waals surface area contributed by atoms with Gasteiger partial charge in [-0.25, -0.2) is 4.39 Å². The van der Waals surface area contributed by atoms with Crippen molar-refractivity contribution in [3.63, 3.8) is 0 Å². The van der Waals surface area contributed by atoms with Crippen LogP contribution in [0.1, 0.15) is 6.92 Å². The van der Waals surface area contributed by atoms with Crippen molar-refractivity contribution in [3.05, 3.63) is 35.4 Å². The van der Waals surface area contributed by atoms with E-state index in [1.165, 1.54) is 23.9 Å². The molecule has 94 valence electrons. The Kier molecular flexibility index (Phi) is 4.33. The maximum absolute atomic E-state index is 12.8. The van der Waals surface area contributed by atoms with Gasteiger partial charge in [0.1, 0.15) is 5.82 Å². The van der Waals surface area contributed by atoms with E-state index in [2.05, 4.69) is 15.0 Å². The summed E-state index contributed by atoms with van der Waals surface area (Å²) < 4.78 is 17.9. The van der Waals surface area contributed by atoms with Gasteiger partial charge < -0.3 is 4.74 Å². The molecule has 0 radical (unpaired) electrons. The number of ether oxygens (including phenoxy) is 1. The summed E-state index contributed by atoms with van der Waals surface area (Å²) >= 11 is 7.02. The Hall–Kier alpha value is -1.40. The Labute approximate surface area is 113 Å². The normalized spacial score (nSPS) is 10.4. The first-order valence-corrected chi connectivity index (χ1v) is 6.34. The van der Waals surface area contributed by atoms with Crippen molar-refractivity contribution in [2.24, 2.45) is 0 Å². The third-order valence-corrected chi connectivity index (χ3v) is 2.91. The van der Waals surface area contributed by atoms with E-state index in [-0.39, 0.29) is 17.1 Å². The molecule has 0 bridgehead atoms. The summed E-state index contributed by atoms with van der Waals surface area (Å²) in [4.78, 5) is 12.7. The van der Waals surface area contributed by atoms with Gasteiger partial charge in [0.2, 0.25) is 5.28 Å². The van der Waals surface area contributed by atoms with Gasteiger partial charge in [0, 0.05) is 4.90 Å². The second-order valence-electron chi connectivity index (χ2n) is 3.16. The average molecular weight is 286 g/mol. The van der Waals surface area contributed by atoms with Crippen LogP contribution in [0.25, 0.3) is 0 Å². The molecule has 0 unspecified atom stereocenters. The summed E-state index contributed by atoms with van der Waals surface area (Å²) in [6.45, 7) is 2.27. The summed E-state index contributed by atoms with van der Waals surface area (Å²) in [5.74, 6) is -0.289. The van der Waals surface area contributed by atoms with E-state index < -0.39 is 0 Å². The minimum atomic E-state index is -0.289. The lowest BCUT2D eigenvalue weighted by Gasteiger charge is -2.04. The molecule has 0 fully saturated rings. The van der Waals surface area contributed by atoms with E-state index in [1.54, 1.807) is 12.1 Å². The largest absolute Gasteiger partial charge is 0.464 e. The maximum Gasteiger partial charge on any atom is 0.321 e. The Bertz CT molecular complexity index is 538. The molecule has 0 aliphatic rings. The summed E-state index contributed by atoms with van der Waals surface area (Å²) in [7, 11) is 0. The van der Waals surface area contributed by atoms with E-state index in [0.29, 0.717) is 11.8 Å². The molecule has 0 aliphatic carbocycles. The first-order valence-electron chi connectivity index (χ1n) is 5.15. The van der Waals surface area contributed by atoms with Gasteiger partial charge in [-0.2, -0.15) is 15.0 Å². The zero-order chi connectivity index (χ0) is 13.0. The van der Waals surface area contributed by atoms with Crippen LogP contribution in [0.4, 0.5) is 4.39 Å². The van der Waals surface area contributed by atoms with Crippen LogP contribution in [0.15, 0.2) is 34.3 Å². The molecule has 2 aromatic rings. The van der Waals surface area contributed by atoms with Gasteiger partial charge in [0.15, 0.2) is 5.16 Å². The molecule has 7 heteroatoms.